The first-order valence-electron chi connectivity index (χ1n) is 6.11. The Morgan fingerprint density at radius 3 is 2.75 bits per heavy atom. The molecule has 0 unspecified atom stereocenters. The van der Waals surface area contributed by atoms with Crippen LogP contribution in [0.5, 0.6) is 5.75 Å². The van der Waals surface area contributed by atoms with Crippen LogP contribution in [-0.2, 0) is 4.74 Å². The van der Waals surface area contributed by atoms with Crippen molar-refractivity contribution in [2.45, 2.75) is 26.4 Å². The molecule has 0 radical (unpaired) electrons. The van der Waals surface area contributed by atoms with Crippen LogP contribution >= 0.6 is 0 Å². The number of carbonyl (C=O) groups excluding carboxylic acids is 1. The largest absolute Gasteiger partial charge is 0.490 e. The third-order valence-electron chi connectivity index (χ3n) is 2.09. The van der Waals surface area contributed by atoms with Gasteiger partial charge in [-0.05, 0) is 39.0 Å². The Balaban J connectivity index is 2.39. The lowest BCUT2D eigenvalue weighted by atomic mass is 10.2. The number of rotatable bonds is 4. The Morgan fingerprint density at radius 1 is 1.45 bits per heavy atom. The monoisotopic (exact) mass is 280 g/mol. The summed E-state index contributed by atoms with van der Waals surface area (Å²) < 4.78 is 23.3. The van der Waals surface area contributed by atoms with Gasteiger partial charge in [-0.15, -0.1) is 0 Å². The van der Waals surface area contributed by atoms with E-state index in [-0.39, 0.29) is 24.5 Å². The molecule has 0 aliphatic rings. The molecular formula is C14H17FN2O3. The van der Waals surface area contributed by atoms with Crippen molar-refractivity contribution in [2.75, 3.05) is 13.2 Å². The van der Waals surface area contributed by atoms with Crippen LogP contribution in [0.3, 0.4) is 0 Å². The molecule has 1 rings (SSSR count). The number of hydrogen-bond donors (Lipinski definition) is 1. The van der Waals surface area contributed by atoms with E-state index in [0.29, 0.717) is 0 Å². The second kappa shape index (κ2) is 6.75. The van der Waals surface area contributed by atoms with E-state index >= 15 is 0 Å². The highest BCUT2D eigenvalue weighted by molar-refractivity contribution is 5.67. The van der Waals surface area contributed by atoms with Crippen LogP contribution in [0.4, 0.5) is 9.18 Å². The second-order valence-corrected chi connectivity index (χ2v) is 5.03. The summed E-state index contributed by atoms with van der Waals surface area (Å²) >= 11 is 0. The first-order valence-corrected chi connectivity index (χ1v) is 6.11. The molecule has 1 amide bonds. The van der Waals surface area contributed by atoms with Gasteiger partial charge in [-0.1, -0.05) is 0 Å². The number of halogens is 1. The van der Waals surface area contributed by atoms with Crippen LogP contribution in [-0.4, -0.2) is 24.8 Å². The Kier molecular flexibility index (Phi) is 5.32. The van der Waals surface area contributed by atoms with Gasteiger partial charge in [-0.2, -0.15) is 5.26 Å². The first kappa shape index (κ1) is 15.8. The minimum Gasteiger partial charge on any atom is -0.490 e. The van der Waals surface area contributed by atoms with Gasteiger partial charge in [0.15, 0.2) is 0 Å². The number of alkyl carbamates (subject to hydrolysis) is 1. The summed E-state index contributed by atoms with van der Waals surface area (Å²) in [5, 5.41) is 11.3. The van der Waals surface area contributed by atoms with Crippen LogP contribution in [0.15, 0.2) is 18.2 Å². The number of ether oxygens (including phenoxy) is 2. The Labute approximate surface area is 117 Å². The molecule has 0 aliphatic heterocycles. The third-order valence-corrected chi connectivity index (χ3v) is 2.09. The van der Waals surface area contributed by atoms with Crippen molar-refractivity contribution in [1.29, 1.82) is 5.26 Å². The maximum Gasteiger partial charge on any atom is 0.407 e. The summed E-state index contributed by atoms with van der Waals surface area (Å²) in [5.74, 6) is -0.222. The van der Waals surface area contributed by atoms with Crippen LogP contribution in [0, 0.1) is 17.1 Å². The molecular weight excluding hydrogens is 263 g/mol. The molecule has 1 N–H and O–H groups in total. The molecule has 0 fully saturated rings. The highest BCUT2D eigenvalue weighted by Gasteiger charge is 2.15. The zero-order chi connectivity index (χ0) is 15.2. The summed E-state index contributed by atoms with van der Waals surface area (Å²) in [6.07, 6.45) is -0.541. The molecule has 0 aromatic heterocycles. The molecule has 6 heteroatoms. The molecule has 0 spiro atoms. The topological polar surface area (TPSA) is 71.3 Å². The summed E-state index contributed by atoms with van der Waals surface area (Å²) in [4.78, 5) is 11.3. The number of nitrogens with one attached hydrogen (secondary N) is 1. The van der Waals surface area contributed by atoms with Crippen LogP contribution < -0.4 is 10.1 Å². The normalized spacial score (nSPS) is 10.6. The van der Waals surface area contributed by atoms with Crippen LogP contribution in [0.2, 0.25) is 0 Å². The lowest BCUT2D eigenvalue weighted by Gasteiger charge is -2.19. The van der Waals surface area contributed by atoms with Gasteiger partial charge >= 0.3 is 6.09 Å². The molecule has 0 saturated heterocycles. The quantitative estimate of drug-likeness (QED) is 0.860. The van der Waals surface area contributed by atoms with Crippen LogP contribution in [0.25, 0.3) is 0 Å². The van der Waals surface area contributed by atoms with E-state index < -0.39 is 17.5 Å². The Bertz CT molecular complexity index is 518. The van der Waals surface area contributed by atoms with Crippen molar-refractivity contribution in [3.05, 3.63) is 29.6 Å². The SMILES string of the molecule is CC(C)(C)OC(=O)NCCOc1ccc(F)cc1C#N. The standard InChI is InChI=1S/C14H17FN2O3/c1-14(2,3)20-13(18)17-6-7-19-12-5-4-11(15)8-10(12)9-16/h4-5,8H,6-7H2,1-3H3,(H,17,18). The summed E-state index contributed by atoms with van der Waals surface area (Å²) in [7, 11) is 0. The summed E-state index contributed by atoms with van der Waals surface area (Å²) in [6.45, 7) is 5.67. The molecule has 0 atom stereocenters. The minimum atomic E-state index is -0.560. The van der Waals surface area contributed by atoms with E-state index in [1.54, 1.807) is 20.8 Å². The van der Waals surface area contributed by atoms with Gasteiger partial charge in [-0.3, -0.25) is 0 Å². The predicted molar refractivity (Wildman–Crippen MR) is 70.8 cm³/mol. The van der Waals surface area contributed by atoms with E-state index in [0.717, 1.165) is 6.07 Å². The Hall–Kier alpha value is -2.29. The third kappa shape index (κ3) is 5.57. The average molecular weight is 280 g/mol. The summed E-state index contributed by atoms with van der Waals surface area (Å²) in [6, 6.07) is 5.52. The second-order valence-electron chi connectivity index (χ2n) is 5.03. The van der Waals surface area contributed by atoms with E-state index in [4.69, 9.17) is 14.7 Å². The lowest BCUT2D eigenvalue weighted by Crippen LogP contribution is -2.34. The van der Waals surface area contributed by atoms with Gasteiger partial charge in [0.2, 0.25) is 0 Å². The number of hydrogen-bond acceptors (Lipinski definition) is 4. The van der Waals surface area contributed by atoms with E-state index in [2.05, 4.69) is 5.32 Å². The van der Waals surface area contributed by atoms with E-state index in [9.17, 15) is 9.18 Å². The molecule has 1 aromatic carbocycles. The fraction of sp³-hybridized carbons (Fsp3) is 0.429. The van der Waals surface area contributed by atoms with E-state index in [1.165, 1.54) is 12.1 Å². The average Bonchev–Trinajstić information content (AvgIpc) is 2.33. The van der Waals surface area contributed by atoms with Gasteiger partial charge in [0.1, 0.15) is 29.8 Å². The lowest BCUT2D eigenvalue weighted by molar-refractivity contribution is 0.0520. The molecule has 108 valence electrons. The smallest absolute Gasteiger partial charge is 0.407 e. The minimum absolute atomic E-state index is 0.113. The number of nitrogens with zero attached hydrogens (tertiary/aromatic N) is 1. The summed E-state index contributed by atoms with van der Waals surface area (Å²) in [5.41, 5.74) is -0.446. The fourth-order valence-electron chi connectivity index (χ4n) is 1.34. The molecule has 0 saturated carbocycles. The van der Waals surface area contributed by atoms with Crippen molar-refractivity contribution in [1.82, 2.24) is 5.32 Å². The predicted octanol–water partition coefficient (Wildman–Crippen LogP) is 2.60. The van der Waals surface area contributed by atoms with Gasteiger partial charge in [0.05, 0.1) is 12.1 Å². The molecule has 0 heterocycles. The number of amides is 1. The fourth-order valence-corrected chi connectivity index (χ4v) is 1.34. The number of benzene rings is 1. The number of carbonyl (C=O) groups is 1. The molecule has 1 aromatic rings. The zero-order valence-corrected chi connectivity index (χ0v) is 11.7. The van der Waals surface area contributed by atoms with Crippen molar-refractivity contribution in [2.24, 2.45) is 0 Å². The van der Waals surface area contributed by atoms with Gasteiger partial charge in [0.25, 0.3) is 0 Å². The van der Waals surface area contributed by atoms with Crippen molar-refractivity contribution in [3.63, 3.8) is 0 Å². The van der Waals surface area contributed by atoms with Crippen LogP contribution in [0.1, 0.15) is 26.3 Å². The highest BCUT2D eigenvalue weighted by atomic mass is 19.1. The van der Waals surface area contributed by atoms with Crippen molar-refractivity contribution < 1.29 is 18.7 Å². The maximum absolute atomic E-state index is 12.9. The molecule has 0 bridgehead atoms. The Morgan fingerprint density at radius 2 is 2.15 bits per heavy atom. The van der Waals surface area contributed by atoms with Gasteiger partial charge in [0, 0.05) is 0 Å². The van der Waals surface area contributed by atoms with E-state index in [1.807, 2.05) is 6.07 Å². The van der Waals surface area contributed by atoms with Gasteiger partial charge < -0.3 is 14.8 Å². The highest BCUT2D eigenvalue weighted by Crippen LogP contribution is 2.18. The zero-order valence-electron chi connectivity index (χ0n) is 11.7. The molecule has 0 aliphatic carbocycles. The molecule has 5 nitrogen and oxygen atoms in total. The number of nitriles is 1. The van der Waals surface area contributed by atoms with Crippen molar-refractivity contribution >= 4 is 6.09 Å². The molecule has 20 heavy (non-hydrogen) atoms. The van der Waals surface area contributed by atoms with Gasteiger partial charge in [-0.25, -0.2) is 9.18 Å². The first-order chi connectivity index (χ1) is 9.31. The maximum atomic E-state index is 12.9. The van der Waals surface area contributed by atoms with Crippen molar-refractivity contribution in [3.8, 4) is 11.8 Å².